The van der Waals surface area contributed by atoms with Crippen LogP contribution in [0.25, 0.3) is 10.4 Å². The van der Waals surface area contributed by atoms with Crippen molar-refractivity contribution in [2.75, 3.05) is 0 Å². The third-order valence-electron chi connectivity index (χ3n) is 0.458. The Morgan fingerprint density at radius 1 is 1.88 bits per heavy atom. The van der Waals surface area contributed by atoms with Gasteiger partial charge >= 0.3 is 0 Å². The molecule has 0 aromatic carbocycles. The normalized spacial score (nSPS) is 10.6. The van der Waals surface area contributed by atoms with E-state index in [9.17, 15) is 0 Å². The SMILES string of the molecule is CC(N=C=S)N=[N+]=[N-]. The van der Waals surface area contributed by atoms with Gasteiger partial charge in [-0.25, -0.2) is 4.99 Å². The molecule has 0 rings (SSSR count). The van der Waals surface area contributed by atoms with Crippen LogP contribution >= 0.6 is 12.2 Å². The number of thiocarbonyl (C=S) groups is 1. The molecule has 0 heterocycles. The second-order valence-corrected chi connectivity index (χ2v) is 1.24. The summed E-state index contributed by atoms with van der Waals surface area (Å²) >= 11 is 4.24. The van der Waals surface area contributed by atoms with Crippen LogP contribution in [-0.2, 0) is 0 Å². The molecule has 0 aromatic rings. The molecule has 0 bridgehead atoms. The fourth-order valence-electron chi connectivity index (χ4n) is 0.177. The summed E-state index contributed by atoms with van der Waals surface area (Å²) in [5, 5.41) is 5.29. The van der Waals surface area contributed by atoms with Crippen LogP contribution in [0.15, 0.2) is 10.1 Å². The van der Waals surface area contributed by atoms with Crippen LogP contribution in [-0.4, -0.2) is 11.3 Å². The highest BCUT2D eigenvalue weighted by atomic mass is 32.1. The number of hydrogen-bond acceptors (Lipinski definition) is 3. The quantitative estimate of drug-likeness (QED) is 0.184. The summed E-state index contributed by atoms with van der Waals surface area (Å²) in [4.78, 5) is 5.96. The van der Waals surface area contributed by atoms with Gasteiger partial charge in [-0.1, -0.05) is 5.11 Å². The van der Waals surface area contributed by atoms with E-state index in [0.717, 1.165) is 0 Å². The number of rotatable bonds is 2. The molecule has 0 aliphatic rings. The topological polar surface area (TPSA) is 61.1 Å². The van der Waals surface area contributed by atoms with Crippen molar-refractivity contribution in [1.29, 1.82) is 0 Å². The molecule has 4 nitrogen and oxygen atoms in total. The molecule has 0 saturated heterocycles. The van der Waals surface area contributed by atoms with Gasteiger partial charge in [-0.3, -0.25) is 0 Å². The molecule has 1 atom stereocenters. The minimum absolute atomic E-state index is 0.419. The van der Waals surface area contributed by atoms with Gasteiger partial charge in [0.2, 0.25) is 0 Å². The number of aliphatic imine (C=N–C) groups is 1. The van der Waals surface area contributed by atoms with Crippen molar-refractivity contribution < 1.29 is 0 Å². The molecule has 0 aromatic heterocycles. The highest BCUT2D eigenvalue weighted by Crippen LogP contribution is 1.87. The molecule has 0 aliphatic carbocycles. The minimum atomic E-state index is -0.419. The van der Waals surface area contributed by atoms with Crippen LogP contribution in [0.5, 0.6) is 0 Å². The summed E-state index contributed by atoms with van der Waals surface area (Å²) in [6.07, 6.45) is -0.419. The zero-order chi connectivity index (χ0) is 6.41. The van der Waals surface area contributed by atoms with Gasteiger partial charge in [0.1, 0.15) is 6.17 Å². The Morgan fingerprint density at radius 3 is 2.88 bits per heavy atom. The van der Waals surface area contributed by atoms with E-state index >= 15 is 0 Å². The lowest BCUT2D eigenvalue weighted by atomic mass is 10.6. The smallest absolute Gasteiger partial charge is 0.136 e. The van der Waals surface area contributed by atoms with E-state index in [1.54, 1.807) is 6.92 Å². The van der Waals surface area contributed by atoms with Crippen molar-refractivity contribution in [3.05, 3.63) is 10.4 Å². The van der Waals surface area contributed by atoms with Crippen LogP contribution in [0.2, 0.25) is 0 Å². The lowest BCUT2D eigenvalue weighted by Crippen LogP contribution is -1.86. The van der Waals surface area contributed by atoms with E-state index in [-0.39, 0.29) is 0 Å². The summed E-state index contributed by atoms with van der Waals surface area (Å²) in [6, 6.07) is 0. The molecule has 1 unspecified atom stereocenters. The van der Waals surface area contributed by atoms with Gasteiger partial charge in [0.15, 0.2) is 0 Å². The Kier molecular flexibility index (Phi) is 3.80. The fourth-order valence-corrected chi connectivity index (χ4v) is 0.329. The van der Waals surface area contributed by atoms with Crippen molar-refractivity contribution in [2.24, 2.45) is 10.1 Å². The lowest BCUT2D eigenvalue weighted by molar-refractivity contribution is 0.790. The number of azide groups is 1. The van der Waals surface area contributed by atoms with Crippen LogP contribution < -0.4 is 0 Å². The van der Waals surface area contributed by atoms with Crippen molar-refractivity contribution in [2.45, 2.75) is 13.1 Å². The lowest BCUT2D eigenvalue weighted by Gasteiger charge is -1.85. The average molecular weight is 128 g/mol. The van der Waals surface area contributed by atoms with E-state index < -0.39 is 6.17 Å². The van der Waals surface area contributed by atoms with E-state index in [2.05, 4.69) is 32.4 Å². The summed E-state index contributed by atoms with van der Waals surface area (Å²) < 4.78 is 0. The highest BCUT2D eigenvalue weighted by molar-refractivity contribution is 7.78. The number of isothiocyanates is 1. The minimum Gasteiger partial charge on any atom is -0.223 e. The highest BCUT2D eigenvalue weighted by Gasteiger charge is 1.86. The van der Waals surface area contributed by atoms with Gasteiger partial charge < -0.3 is 0 Å². The predicted octanol–water partition coefficient (Wildman–Crippen LogP) is 1.75. The average Bonchev–Trinajstić information content (AvgIpc) is 1.68. The number of hydrogen-bond donors (Lipinski definition) is 0. The molecular weight excluding hydrogens is 124 g/mol. The van der Waals surface area contributed by atoms with Gasteiger partial charge in [0.25, 0.3) is 0 Å². The molecule has 8 heavy (non-hydrogen) atoms. The van der Waals surface area contributed by atoms with Crippen LogP contribution in [0.3, 0.4) is 0 Å². The van der Waals surface area contributed by atoms with Crippen molar-refractivity contribution >= 4 is 17.4 Å². The zero-order valence-corrected chi connectivity index (χ0v) is 5.09. The molecule has 0 N–H and O–H groups in total. The van der Waals surface area contributed by atoms with Gasteiger partial charge in [-0.2, -0.15) is 0 Å². The van der Waals surface area contributed by atoms with Crippen molar-refractivity contribution in [1.82, 2.24) is 0 Å². The Hall–Kier alpha value is -0.890. The zero-order valence-electron chi connectivity index (χ0n) is 4.27. The molecule has 0 spiro atoms. The van der Waals surface area contributed by atoms with E-state index in [0.29, 0.717) is 0 Å². The van der Waals surface area contributed by atoms with Gasteiger partial charge in [-0.15, -0.1) is 0 Å². The molecule has 0 aliphatic heterocycles. The summed E-state index contributed by atoms with van der Waals surface area (Å²) in [6.45, 7) is 1.62. The standard InChI is InChI=1S/C3H4N4S/c1-3(5-2-8)6-7-4/h3H,1H3. The van der Waals surface area contributed by atoms with Gasteiger partial charge in [0, 0.05) is 4.91 Å². The van der Waals surface area contributed by atoms with Gasteiger partial charge in [0.05, 0.1) is 5.16 Å². The monoisotopic (exact) mass is 128 g/mol. The molecule has 0 amide bonds. The molecule has 0 fully saturated rings. The second-order valence-electron chi connectivity index (χ2n) is 1.06. The maximum absolute atomic E-state index is 7.80. The first kappa shape index (κ1) is 7.11. The first-order valence-electron chi connectivity index (χ1n) is 1.92. The van der Waals surface area contributed by atoms with Crippen molar-refractivity contribution in [3.63, 3.8) is 0 Å². The predicted molar refractivity (Wildman–Crippen MR) is 33.6 cm³/mol. The summed E-state index contributed by atoms with van der Waals surface area (Å²) in [5.74, 6) is 0. The molecule has 0 saturated carbocycles. The Balaban J connectivity index is 3.82. The van der Waals surface area contributed by atoms with Crippen LogP contribution in [0.1, 0.15) is 6.92 Å². The van der Waals surface area contributed by atoms with E-state index in [1.807, 2.05) is 0 Å². The summed E-state index contributed by atoms with van der Waals surface area (Å²) in [7, 11) is 0. The Morgan fingerprint density at radius 2 is 2.50 bits per heavy atom. The van der Waals surface area contributed by atoms with Crippen molar-refractivity contribution in [3.8, 4) is 0 Å². The maximum atomic E-state index is 7.80. The van der Waals surface area contributed by atoms with Crippen LogP contribution in [0.4, 0.5) is 0 Å². The number of nitrogens with zero attached hydrogens (tertiary/aromatic N) is 4. The first-order valence-corrected chi connectivity index (χ1v) is 2.33. The first-order chi connectivity index (χ1) is 3.81. The molecule has 42 valence electrons. The third kappa shape index (κ3) is 3.31. The summed E-state index contributed by atoms with van der Waals surface area (Å²) in [5.41, 5.74) is 7.80. The fraction of sp³-hybridized carbons (Fsp3) is 0.667. The van der Waals surface area contributed by atoms with E-state index in [4.69, 9.17) is 5.53 Å². The molecule has 5 heteroatoms. The van der Waals surface area contributed by atoms with Gasteiger partial charge in [-0.05, 0) is 24.7 Å². The Bertz CT molecular complexity index is 135. The van der Waals surface area contributed by atoms with Crippen LogP contribution in [0, 0.1) is 0 Å². The molecular formula is C3H4N4S. The third-order valence-corrected chi connectivity index (χ3v) is 0.564. The second kappa shape index (κ2) is 4.27. The van der Waals surface area contributed by atoms with E-state index in [1.165, 1.54) is 0 Å². The largest absolute Gasteiger partial charge is 0.223 e. The molecule has 0 radical (unpaired) electrons. The maximum Gasteiger partial charge on any atom is 0.136 e. The Labute approximate surface area is 51.9 Å².